The first-order valence-corrected chi connectivity index (χ1v) is 6.01. The van der Waals surface area contributed by atoms with Crippen LogP contribution in [0.1, 0.15) is 12.0 Å². The van der Waals surface area contributed by atoms with E-state index in [4.69, 9.17) is 16.6 Å². The Morgan fingerprint density at radius 1 is 1.30 bits per heavy atom. The molecule has 1 atom stereocenters. The van der Waals surface area contributed by atoms with Crippen LogP contribution in [0, 0.1) is 12.3 Å². The third-order valence-electron chi connectivity index (χ3n) is 2.53. The average Bonchev–Trinajstić information content (AvgIpc) is 2.40. The lowest BCUT2D eigenvalue weighted by molar-refractivity contribution is -0.139. The largest absolute Gasteiger partial charge is 0.508 e. The molecule has 0 saturated heterocycles. The lowest BCUT2D eigenvalue weighted by Gasteiger charge is -2.15. The van der Waals surface area contributed by atoms with Crippen LogP contribution in [0.2, 0.25) is 0 Å². The van der Waals surface area contributed by atoms with Crippen molar-refractivity contribution >= 4 is 12.0 Å². The molecular formula is C14H16N2O4. The number of aliphatic carboxylic acids is 1. The third-order valence-corrected chi connectivity index (χ3v) is 2.53. The van der Waals surface area contributed by atoms with Crippen LogP contribution in [0.3, 0.4) is 0 Å². The number of carboxylic acids is 1. The highest BCUT2D eigenvalue weighted by Gasteiger charge is 2.20. The third kappa shape index (κ3) is 5.31. The number of terminal acetylenes is 1. The van der Waals surface area contributed by atoms with Crippen LogP contribution in [0.15, 0.2) is 24.3 Å². The molecule has 20 heavy (non-hydrogen) atoms. The van der Waals surface area contributed by atoms with Gasteiger partial charge in [0.1, 0.15) is 11.8 Å². The Hall–Kier alpha value is -2.68. The number of phenols is 1. The zero-order chi connectivity index (χ0) is 15.0. The molecule has 6 nitrogen and oxygen atoms in total. The van der Waals surface area contributed by atoms with Gasteiger partial charge in [0.25, 0.3) is 0 Å². The van der Waals surface area contributed by atoms with E-state index in [1.54, 1.807) is 12.1 Å². The SMILES string of the molecule is C#CCCNC(=O)NC(Cc1ccc(O)cc1)C(=O)O. The number of benzene rings is 1. The molecule has 0 saturated carbocycles. The van der Waals surface area contributed by atoms with Crippen LogP contribution < -0.4 is 10.6 Å². The maximum atomic E-state index is 11.5. The lowest BCUT2D eigenvalue weighted by Crippen LogP contribution is -2.47. The standard InChI is InChI=1S/C14H16N2O4/c1-2-3-8-15-14(20)16-12(13(18)19)9-10-4-6-11(17)7-5-10/h1,4-7,12,17H,3,8-9H2,(H,18,19)(H2,15,16,20). The van der Waals surface area contributed by atoms with E-state index in [0.29, 0.717) is 12.0 Å². The Morgan fingerprint density at radius 3 is 2.50 bits per heavy atom. The van der Waals surface area contributed by atoms with Gasteiger partial charge in [0.2, 0.25) is 0 Å². The number of nitrogens with one attached hydrogen (secondary N) is 2. The summed E-state index contributed by atoms with van der Waals surface area (Å²) in [6.07, 6.45) is 5.54. The smallest absolute Gasteiger partial charge is 0.326 e. The van der Waals surface area contributed by atoms with E-state index in [9.17, 15) is 9.59 Å². The summed E-state index contributed by atoms with van der Waals surface area (Å²) in [5.74, 6) is 1.33. The number of phenolic OH excluding ortho intramolecular Hbond substituents is 1. The number of urea groups is 1. The molecule has 1 rings (SSSR count). The molecule has 0 fully saturated rings. The minimum Gasteiger partial charge on any atom is -0.508 e. The minimum absolute atomic E-state index is 0.0978. The molecule has 1 aromatic carbocycles. The molecule has 0 aliphatic rings. The molecule has 1 aromatic rings. The molecule has 106 valence electrons. The number of aromatic hydroxyl groups is 1. The topological polar surface area (TPSA) is 98.7 Å². The zero-order valence-corrected chi connectivity index (χ0v) is 10.8. The van der Waals surface area contributed by atoms with Crippen molar-refractivity contribution < 1.29 is 19.8 Å². The van der Waals surface area contributed by atoms with Crippen LogP contribution in [0.5, 0.6) is 5.75 Å². The molecule has 4 N–H and O–H groups in total. The molecular weight excluding hydrogens is 260 g/mol. The monoisotopic (exact) mass is 276 g/mol. The van der Waals surface area contributed by atoms with Crippen molar-refractivity contribution in [2.45, 2.75) is 18.9 Å². The van der Waals surface area contributed by atoms with Crippen molar-refractivity contribution in [3.63, 3.8) is 0 Å². The van der Waals surface area contributed by atoms with Crippen molar-refractivity contribution in [1.82, 2.24) is 10.6 Å². The molecule has 0 bridgehead atoms. The van der Waals surface area contributed by atoms with E-state index in [1.165, 1.54) is 12.1 Å². The number of carbonyl (C=O) groups excluding carboxylic acids is 1. The van der Waals surface area contributed by atoms with Crippen molar-refractivity contribution in [3.05, 3.63) is 29.8 Å². The highest BCUT2D eigenvalue weighted by Crippen LogP contribution is 2.11. The van der Waals surface area contributed by atoms with Crippen molar-refractivity contribution in [2.24, 2.45) is 0 Å². The van der Waals surface area contributed by atoms with E-state index >= 15 is 0 Å². The molecule has 0 aliphatic heterocycles. The van der Waals surface area contributed by atoms with Gasteiger partial charge in [-0.15, -0.1) is 12.3 Å². The molecule has 0 aromatic heterocycles. The van der Waals surface area contributed by atoms with E-state index in [1.807, 2.05) is 0 Å². The average molecular weight is 276 g/mol. The Morgan fingerprint density at radius 2 is 1.95 bits per heavy atom. The van der Waals surface area contributed by atoms with Crippen LogP contribution in [-0.2, 0) is 11.2 Å². The van der Waals surface area contributed by atoms with Gasteiger partial charge in [-0.3, -0.25) is 0 Å². The number of amides is 2. The van der Waals surface area contributed by atoms with Gasteiger partial charge in [0.05, 0.1) is 0 Å². The van der Waals surface area contributed by atoms with Gasteiger partial charge in [-0.25, -0.2) is 9.59 Å². The molecule has 6 heteroatoms. The summed E-state index contributed by atoms with van der Waals surface area (Å²) in [5, 5.41) is 23.1. The molecule has 0 radical (unpaired) electrons. The maximum Gasteiger partial charge on any atom is 0.326 e. The summed E-state index contributed by atoms with van der Waals surface area (Å²) < 4.78 is 0. The summed E-state index contributed by atoms with van der Waals surface area (Å²) in [6, 6.07) is 4.49. The molecule has 0 heterocycles. The quantitative estimate of drug-likeness (QED) is 0.454. The second-order valence-corrected chi connectivity index (χ2v) is 4.12. The number of carbonyl (C=O) groups is 2. The molecule has 0 aliphatic carbocycles. The van der Waals surface area contributed by atoms with E-state index in [-0.39, 0.29) is 18.7 Å². The molecule has 0 spiro atoms. The highest BCUT2D eigenvalue weighted by molar-refractivity contribution is 5.82. The summed E-state index contributed by atoms with van der Waals surface area (Å²) in [6.45, 7) is 0.286. The Bertz CT molecular complexity index is 505. The number of rotatable bonds is 6. The van der Waals surface area contributed by atoms with Crippen molar-refractivity contribution in [3.8, 4) is 18.1 Å². The van der Waals surface area contributed by atoms with Crippen LogP contribution in [0.4, 0.5) is 4.79 Å². The fraction of sp³-hybridized carbons (Fsp3) is 0.286. The van der Waals surface area contributed by atoms with E-state index in [0.717, 1.165) is 0 Å². The lowest BCUT2D eigenvalue weighted by atomic mass is 10.1. The van der Waals surface area contributed by atoms with Gasteiger partial charge in [0.15, 0.2) is 0 Å². The zero-order valence-electron chi connectivity index (χ0n) is 10.8. The number of carboxylic acid groups (broad SMARTS) is 1. The van der Waals surface area contributed by atoms with Crippen LogP contribution in [-0.4, -0.2) is 34.8 Å². The van der Waals surface area contributed by atoms with Gasteiger partial charge < -0.3 is 20.8 Å². The number of hydrogen-bond donors (Lipinski definition) is 4. The van der Waals surface area contributed by atoms with E-state index < -0.39 is 18.0 Å². The normalized spacial score (nSPS) is 11.2. The molecule has 2 amide bonds. The second kappa shape index (κ2) is 7.69. The molecule has 1 unspecified atom stereocenters. The Labute approximate surface area is 116 Å². The van der Waals surface area contributed by atoms with Gasteiger partial charge in [-0.2, -0.15) is 0 Å². The fourth-order valence-electron chi connectivity index (χ4n) is 1.53. The van der Waals surface area contributed by atoms with Crippen molar-refractivity contribution in [1.29, 1.82) is 0 Å². The Balaban J connectivity index is 2.56. The van der Waals surface area contributed by atoms with Gasteiger partial charge in [-0.05, 0) is 17.7 Å². The van der Waals surface area contributed by atoms with Gasteiger partial charge in [0, 0.05) is 19.4 Å². The van der Waals surface area contributed by atoms with Crippen LogP contribution >= 0.6 is 0 Å². The first-order valence-electron chi connectivity index (χ1n) is 6.01. The summed E-state index contributed by atoms with van der Waals surface area (Å²) in [7, 11) is 0. The highest BCUT2D eigenvalue weighted by atomic mass is 16.4. The second-order valence-electron chi connectivity index (χ2n) is 4.12. The minimum atomic E-state index is -1.13. The maximum absolute atomic E-state index is 11.5. The van der Waals surface area contributed by atoms with Crippen molar-refractivity contribution in [2.75, 3.05) is 6.54 Å². The first-order chi connectivity index (χ1) is 9.52. The predicted octanol–water partition coefficient (Wildman–Crippen LogP) is 0.710. The predicted molar refractivity (Wildman–Crippen MR) is 73.2 cm³/mol. The first kappa shape index (κ1) is 15.4. The van der Waals surface area contributed by atoms with E-state index in [2.05, 4.69) is 16.6 Å². The summed E-state index contributed by atoms with van der Waals surface area (Å²) in [5.41, 5.74) is 0.694. The number of hydrogen-bond acceptors (Lipinski definition) is 3. The van der Waals surface area contributed by atoms with Gasteiger partial charge in [-0.1, -0.05) is 12.1 Å². The van der Waals surface area contributed by atoms with Crippen LogP contribution in [0.25, 0.3) is 0 Å². The Kier molecular flexibility index (Phi) is 5.91. The summed E-state index contributed by atoms with van der Waals surface area (Å²) in [4.78, 5) is 22.6. The summed E-state index contributed by atoms with van der Waals surface area (Å²) >= 11 is 0. The van der Waals surface area contributed by atoms with Gasteiger partial charge >= 0.3 is 12.0 Å². The fourth-order valence-corrected chi connectivity index (χ4v) is 1.53.